The summed E-state index contributed by atoms with van der Waals surface area (Å²) in [5, 5.41) is 27.7. The first-order valence-electron chi connectivity index (χ1n) is 3.90. The summed E-state index contributed by atoms with van der Waals surface area (Å²) in [5.41, 5.74) is 0. The van der Waals surface area contributed by atoms with Crippen LogP contribution in [0.2, 0.25) is 0 Å². The maximum Gasteiger partial charge on any atom is 0.186 e. The van der Waals surface area contributed by atoms with Crippen LogP contribution in [0.1, 0.15) is 0 Å². The summed E-state index contributed by atoms with van der Waals surface area (Å²) in [6.45, 7) is -0.940. The van der Waals surface area contributed by atoms with Gasteiger partial charge in [-0.25, -0.2) is 4.39 Å². The highest BCUT2D eigenvalue weighted by molar-refractivity contribution is 4.88. The van der Waals surface area contributed by atoms with E-state index in [0.717, 1.165) is 0 Å². The molecule has 0 aromatic rings. The van der Waals surface area contributed by atoms with Gasteiger partial charge >= 0.3 is 0 Å². The van der Waals surface area contributed by atoms with E-state index in [1.165, 1.54) is 7.11 Å². The Kier molecular flexibility index (Phi) is 3.57. The molecule has 1 rings (SSSR count). The minimum atomic E-state index is -1.44. The number of ether oxygens (including phenoxy) is 2. The fourth-order valence-corrected chi connectivity index (χ4v) is 1.24. The molecule has 0 aliphatic carbocycles. The van der Waals surface area contributed by atoms with Crippen LogP contribution in [0.25, 0.3) is 0 Å². The van der Waals surface area contributed by atoms with Crippen LogP contribution < -0.4 is 0 Å². The van der Waals surface area contributed by atoms with Crippen molar-refractivity contribution in [1.82, 2.24) is 0 Å². The van der Waals surface area contributed by atoms with E-state index in [1.807, 2.05) is 0 Å². The zero-order valence-corrected chi connectivity index (χ0v) is 7.13. The zero-order chi connectivity index (χ0) is 10.0. The van der Waals surface area contributed by atoms with Crippen LogP contribution in [0.4, 0.5) is 4.39 Å². The molecule has 1 unspecified atom stereocenters. The molecule has 1 aliphatic heterocycles. The van der Waals surface area contributed by atoms with Gasteiger partial charge in [0.15, 0.2) is 6.29 Å². The Labute approximate surface area is 74.7 Å². The third kappa shape index (κ3) is 1.97. The molecule has 0 bridgehead atoms. The van der Waals surface area contributed by atoms with Crippen LogP contribution in [-0.4, -0.2) is 59.8 Å². The lowest BCUT2D eigenvalue weighted by molar-refractivity contribution is -0.291. The monoisotopic (exact) mass is 195 g/mol. The topological polar surface area (TPSA) is 79.2 Å². The van der Waals surface area contributed by atoms with Crippen molar-refractivity contribution in [2.45, 2.75) is 30.7 Å². The number of hydrogen-bond donors (Lipinski definition) is 3. The Bertz CT molecular complexity index is 147. The van der Waals surface area contributed by atoms with Crippen LogP contribution in [0.3, 0.4) is 0 Å². The molecular formula is C7H13FO5. The summed E-state index contributed by atoms with van der Waals surface area (Å²) in [4.78, 5) is 0. The lowest BCUT2D eigenvalue weighted by Crippen LogP contribution is -2.58. The highest BCUT2D eigenvalue weighted by Crippen LogP contribution is 2.21. The van der Waals surface area contributed by atoms with Gasteiger partial charge in [-0.1, -0.05) is 0 Å². The Morgan fingerprint density at radius 2 is 1.85 bits per heavy atom. The second-order valence-corrected chi connectivity index (χ2v) is 2.90. The van der Waals surface area contributed by atoms with Crippen molar-refractivity contribution in [1.29, 1.82) is 0 Å². The van der Waals surface area contributed by atoms with Gasteiger partial charge in [0.05, 0.1) is 0 Å². The van der Waals surface area contributed by atoms with E-state index in [9.17, 15) is 19.7 Å². The van der Waals surface area contributed by atoms with Crippen molar-refractivity contribution in [2.75, 3.05) is 13.8 Å². The third-order valence-electron chi connectivity index (χ3n) is 2.05. The second kappa shape index (κ2) is 4.30. The van der Waals surface area contributed by atoms with Crippen molar-refractivity contribution < 1.29 is 29.2 Å². The quantitative estimate of drug-likeness (QED) is 0.495. The fraction of sp³-hybridized carbons (Fsp3) is 1.00. The van der Waals surface area contributed by atoms with Crippen LogP contribution in [0.15, 0.2) is 0 Å². The van der Waals surface area contributed by atoms with E-state index in [2.05, 4.69) is 4.74 Å². The minimum Gasteiger partial charge on any atom is -0.387 e. The van der Waals surface area contributed by atoms with Crippen molar-refractivity contribution in [3.8, 4) is 0 Å². The average Bonchev–Trinajstić information content (AvgIpc) is 2.15. The highest BCUT2D eigenvalue weighted by atomic mass is 18.2. The molecule has 3 N–H and O–H groups in total. The van der Waals surface area contributed by atoms with Gasteiger partial charge in [-0.15, -0.1) is 0 Å². The first-order chi connectivity index (χ1) is 6.11. The van der Waals surface area contributed by atoms with E-state index in [0.29, 0.717) is 0 Å². The highest BCUT2D eigenvalue weighted by Gasteiger charge is 2.43. The summed E-state index contributed by atoms with van der Waals surface area (Å²) in [5.74, 6) is 0. The second-order valence-electron chi connectivity index (χ2n) is 2.90. The van der Waals surface area contributed by atoms with Gasteiger partial charge in [0.1, 0.15) is 31.1 Å². The zero-order valence-electron chi connectivity index (χ0n) is 7.13. The average molecular weight is 195 g/mol. The predicted molar refractivity (Wildman–Crippen MR) is 39.7 cm³/mol. The maximum atomic E-state index is 12.2. The molecule has 0 spiro atoms. The van der Waals surface area contributed by atoms with Crippen LogP contribution >= 0.6 is 0 Å². The molecule has 0 aromatic carbocycles. The Morgan fingerprint density at radius 1 is 1.23 bits per heavy atom. The smallest absolute Gasteiger partial charge is 0.186 e. The molecular weight excluding hydrogens is 182 g/mol. The molecule has 1 aliphatic rings. The summed E-state index contributed by atoms with van der Waals surface area (Å²) in [6.07, 6.45) is -6.48. The van der Waals surface area contributed by atoms with Crippen LogP contribution in [0, 0.1) is 0 Å². The molecule has 5 atom stereocenters. The van der Waals surface area contributed by atoms with Crippen LogP contribution in [0.5, 0.6) is 0 Å². The molecule has 13 heavy (non-hydrogen) atoms. The Morgan fingerprint density at radius 3 is 2.31 bits per heavy atom. The van der Waals surface area contributed by atoms with E-state index in [4.69, 9.17) is 4.74 Å². The van der Waals surface area contributed by atoms with Gasteiger partial charge in [-0.2, -0.15) is 0 Å². The summed E-state index contributed by atoms with van der Waals surface area (Å²) in [6, 6.07) is 0. The molecule has 0 aromatic heterocycles. The van der Waals surface area contributed by atoms with Crippen molar-refractivity contribution >= 4 is 0 Å². The van der Waals surface area contributed by atoms with Gasteiger partial charge in [-0.3, -0.25) is 0 Å². The predicted octanol–water partition coefficient (Wildman–Crippen LogP) is -1.59. The van der Waals surface area contributed by atoms with Crippen molar-refractivity contribution in [3.05, 3.63) is 0 Å². The molecule has 0 radical (unpaired) electrons. The molecule has 5 nitrogen and oxygen atoms in total. The maximum absolute atomic E-state index is 12.2. The molecule has 1 heterocycles. The lowest BCUT2D eigenvalue weighted by atomic mass is 10.00. The first kappa shape index (κ1) is 10.8. The summed E-state index contributed by atoms with van der Waals surface area (Å²) >= 11 is 0. The summed E-state index contributed by atoms with van der Waals surface area (Å²) in [7, 11) is 1.26. The molecule has 0 amide bonds. The molecule has 0 saturated carbocycles. The van der Waals surface area contributed by atoms with Gasteiger partial charge in [0.2, 0.25) is 0 Å². The van der Waals surface area contributed by atoms with E-state index >= 15 is 0 Å². The minimum absolute atomic E-state index is 0.940. The third-order valence-corrected chi connectivity index (χ3v) is 2.05. The molecule has 1 saturated heterocycles. The first-order valence-corrected chi connectivity index (χ1v) is 3.90. The number of alkyl halides is 1. The standard InChI is InChI=1S/C7H13FO5/c1-12-7-6(11)5(10)4(9)3(2-8)13-7/h3-7,9-11H,2H2,1H3/t3-,4-,5+,6+,7?/m1/s1/i8-1. The molecule has 1 fully saturated rings. The van der Waals surface area contributed by atoms with Gasteiger partial charge < -0.3 is 24.8 Å². The number of methoxy groups -OCH3 is 1. The number of halogens is 1. The van der Waals surface area contributed by atoms with Gasteiger partial charge in [0, 0.05) is 7.11 Å². The fourth-order valence-electron chi connectivity index (χ4n) is 1.24. The van der Waals surface area contributed by atoms with Gasteiger partial charge in [0.25, 0.3) is 0 Å². The van der Waals surface area contributed by atoms with Crippen molar-refractivity contribution in [3.63, 3.8) is 0 Å². The van der Waals surface area contributed by atoms with E-state index in [-0.39, 0.29) is 0 Å². The van der Waals surface area contributed by atoms with E-state index in [1.54, 1.807) is 0 Å². The Hall–Kier alpha value is -0.270. The lowest BCUT2D eigenvalue weighted by Gasteiger charge is -2.38. The largest absolute Gasteiger partial charge is 0.387 e. The molecule has 6 heteroatoms. The number of hydrogen-bond acceptors (Lipinski definition) is 5. The van der Waals surface area contributed by atoms with Crippen molar-refractivity contribution in [2.24, 2.45) is 0 Å². The SMILES string of the molecule is COC1O[C@H](C[18F])[C@@H](O)[C@H](O)[C@@H]1O. The normalized spacial score (nSPS) is 46.4. The Balaban J connectivity index is 2.66. The molecule has 78 valence electrons. The number of rotatable bonds is 2. The van der Waals surface area contributed by atoms with Gasteiger partial charge in [-0.05, 0) is 0 Å². The number of aliphatic hydroxyl groups excluding tert-OH is 3. The number of aliphatic hydroxyl groups is 3. The van der Waals surface area contributed by atoms with E-state index < -0.39 is 37.4 Å². The van der Waals surface area contributed by atoms with Crippen LogP contribution in [-0.2, 0) is 9.47 Å². The summed E-state index contributed by atoms with van der Waals surface area (Å²) < 4.78 is 21.7.